The second-order valence-corrected chi connectivity index (χ2v) is 23.6. The molecule has 7 atom stereocenters. The maximum Gasteiger partial charge on any atom is 0.220 e. The van der Waals surface area contributed by atoms with Crippen LogP contribution in [0.15, 0.2) is 72.9 Å². The minimum atomic E-state index is -1.55. The van der Waals surface area contributed by atoms with E-state index in [4.69, 9.17) is 9.47 Å². The van der Waals surface area contributed by atoms with Gasteiger partial charge < -0.3 is 40.3 Å². The zero-order chi connectivity index (χ0) is 57.9. The van der Waals surface area contributed by atoms with Crippen molar-refractivity contribution in [2.75, 3.05) is 13.2 Å². The number of carbonyl (C=O) groups is 1. The number of nitrogens with one attached hydrogen (secondary N) is 1. The highest BCUT2D eigenvalue weighted by Gasteiger charge is 2.44. The standard InChI is InChI=1S/C71H129NO8/c1-3-5-7-9-11-13-15-17-19-21-22-23-24-25-26-27-28-29-30-31-32-33-34-35-36-37-38-39-40-41-42-43-44-45-47-49-51-53-55-57-59-61-67(75)72-64(63-79-71-70(78)69(77)68(76)66(62-73)80-71)65(74)60-58-56-54-52-50-48-46-20-18-16-14-12-10-8-6-4-2/h5,7,11,13,17,19,22-23,25-26,28-29,64-66,68-71,73-74,76-78H,3-4,6,8-10,12,14-16,18,20-21,24,27,30-63H2,1-2H3,(H,72,75)/b7-5-,13-11-,19-17-,23-22-,26-25-,29-28-. The third-order valence-electron chi connectivity index (χ3n) is 16.1. The molecule has 0 saturated carbocycles. The zero-order valence-electron chi connectivity index (χ0n) is 52.1. The summed E-state index contributed by atoms with van der Waals surface area (Å²) in [4.78, 5) is 13.1. The van der Waals surface area contributed by atoms with E-state index in [9.17, 15) is 30.3 Å². The Kier molecular flexibility index (Phi) is 56.5. The van der Waals surface area contributed by atoms with Crippen LogP contribution in [0.3, 0.4) is 0 Å². The third-order valence-corrected chi connectivity index (χ3v) is 16.1. The van der Waals surface area contributed by atoms with Crippen LogP contribution in [0.1, 0.15) is 316 Å². The van der Waals surface area contributed by atoms with E-state index in [1.807, 2.05) is 0 Å². The van der Waals surface area contributed by atoms with E-state index in [-0.39, 0.29) is 12.5 Å². The Morgan fingerprint density at radius 1 is 0.438 bits per heavy atom. The monoisotopic (exact) mass is 1120 g/mol. The zero-order valence-corrected chi connectivity index (χ0v) is 52.1. The van der Waals surface area contributed by atoms with E-state index in [2.05, 4.69) is 92.1 Å². The molecule has 0 radical (unpaired) electrons. The molecule has 1 fully saturated rings. The van der Waals surface area contributed by atoms with Gasteiger partial charge in [-0.2, -0.15) is 0 Å². The van der Waals surface area contributed by atoms with E-state index in [1.54, 1.807) is 0 Å². The molecule has 0 aliphatic carbocycles. The number of aliphatic hydroxyl groups excluding tert-OH is 5. The Morgan fingerprint density at radius 2 is 0.775 bits per heavy atom. The molecule has 9 heteroatoms. The van der Waals surface area contributed by atoms with Crippen molar-refractivity contribution >= 4 is 5.91 Å². The van der Waals surface area contributed by atoms with Crippen LogP contribution in [0.5, 0.6) is 0 Å². The molecule has 1 aliphatic heterocycles. The maximum atomic E-state index is 13.1. The van der Waals surface area contributed by atoms with Gasteiger partial charge in [-0.25, -0.2) is 0 Å². The van der Waals surface area contributed by atoms with Gasteiger partial charge in [0, 0.05) is 6.42 Å². The minimum Gasteiger partial charge on any atom is -0.394 e. The lowest BCUT2D eigenvalue weighted by Crippen LogP contribution is -2.60. The molecule has 1 heterocycles. The van der Waals surface area contributed by atoms with Gasteiger partial charge in [0.05, 0.1) is 25.4 Å². The van der Waals surface area contributed by atoms with E-state index in [0.717, 1.165) is 77.0 Å². The summed E-state index contributed by atoms with van der Waals surface area (Å²) in [7, 11) is 0. The fourth-order valence-corrected chi connectivity index (χ4v) is 10.8. The summed E-state index contributed by atoms with van der Waals surface area (Å²) in [6.07, 6.45) is 76.9. The molecule has 0 aromatic rings. The molecule has 6 N–H and O–H groups in total. The molecule has 9 nitrogen and oxygen atoms in total. The van der Waals surface area contributed by atoms with Gasteiger partial charge in [-0.3, -0.25) is 4.79 Å². The Bertz CT molecular complexity index is 1490. The molecule has 0 bridgehead atoms. The molecule has 1 aliphatic rings. The molecular formula is C71H129NO8. The van der Waals surface area contributed by atoms with Crippen LogP contribution in [0.25, 0.3) is 0 Å². The molecule has 1 amide bonds. The highest BCUT2D eigenvalue weighted by Crippen LogP contribution is 2.24. The van der Waals surface area contributed by atoms with Crippen molar-refractivity contribution in [1.29, 1.82) is 0 Å². The molecule has 1 saturated heterocycles. The van der Waals surface area contributed by atoms with Gasteiger partial charge in [0.1, 0.15) is 24.4 Å². The number of hydrogen-bond donors (Lipinski definition) is 6. The highest BCUT2D eigenvalue weighted by atomic mass is 16.7. The van der Waals surface area contributed by atoms with Gasteiger partial charge >= 0.3 is 0 Å². The summed E-state index contributed by atoms with van der Waals surface area (Å²) in [5.41, 5.74) is 0. The SMILES string of the molecule is CC/C=C\C/C=C\C/C=C\C/C=C\C/C=C\C/C=C\CCCCCCCCCCCCCCCCCCCCCCCCC(=O)NC(COC1OC(CO)C(O)C(O)C1O)C(O)CCCCCCCCCCCCCCCCCC. The molecule has 1 rings (SSSR count). The number of unbranched alkanes of at least 4 members (excludes halogenated alkanes) is 37. The normalized spacial score (nSPS) is 18.9. The number of hydrogen-bond acceptors (Lipinski definition) is 8. The number of ether oxygens (including phenoxy) is 2. The Balaban J connectivity index is 2.04. The first-order chi connectivity index (χ1) is 39.3. The van der Waals surface area contributed by atoms with E-state index >= 15 is 0 Å². The molecule has 0 aromatic carbocycles. The first kappa shape index (κ1) is 75.6. The Hall–Kier alpha value is -2.37. The molecule has 0 aromatic heterocycles. The lowest BCUT2D eigenvalue weighted by molar-refractivity contribution is -0.302. The summed E-state index contributed by atoms with van der Waals surface area (Å²) in [5, 5.41) is 54.8. The summed E-state index contributed by atoms with van der Waals surface area (Å²) in [5.74, 6) is -0.140. The largest absolute Gasteiger partial charge is 0.394 e. The van der Waals surface area contributed by atoms with Crippen LogP contribution in [0, 0.1) is 0 Å². The fraction of sp³-hybridized carbons (Fsp3) is 0.817. The quantitative estimate of drug-likeness (QED) is 0.0261. The van der Waals surface area contributed by atoms with Gasteiger partial charge in [0.15, 0.2) is 6.29 Å². The van der Waals surface area contributed by atoms with E-state index in [1.165, 1.54) is 212 Å². The number of carbonyl (C=O) groups excluding carboxylic acids is 1. The first-order valence-electron chi connectivity index (χ1n) is 34.1. The highest BCUT2D eigenvalue weighted by molar-refractivity contribution is 5.76. The van der Waals surface area contributed by atoms with Gasteiger partial charge in [0.25, 0.3) is 0 Å². The maximum absolute atomic E-state index is 13.1. The second kappa shape index (κ2) is 59.8. The summed E-state index contributed by atoms with van der Waals surface area (Å²) >= 11 is 0. The van der Waals surface area contributed by atoms with Crippen LogP contribution < -0.4 is 5.32 Å². The van der Waals surface area contributed by atoms with Crippen LogP contribution >= 0.6 is 0 Å². The predicted octanol–water partition coefficient (Wildman–Crippen LogP) is 18.4. The first-order valence-corrected chi connectivity index (χ1v) is 34.1. The van der Waals surface area contributed by atoms with Crippen LogP contribution in [0.2, 0.25) is 0 Å². The molecule has 0 spiro atoms. The molecular weight excluding hydrogens is 995 g/mol. The predicted molar refractivity (Wildman–Crippen MR) is 341 cm³/mol. The summed E-state index contributed by atoms with van der Waals surface area (Å²) in [6, 6.07) is -0.719. The van der Waals surface area contributed by atoms with Crippen molar-refractivity contribution in [3.8, 4) is 0 Å². The smallest absolute Gasteiger partial charge is 0.220 e. The van der Waals surface area contributed by atoms with Crippen LogP contribution in [-0.2, 0) is 14.3 Å². The van der Waals surface area contributed by atoms with Crippen molar-refractivity contribution in [1.82, 2.24) is 5.32 Å². The van der Waals surface area contributed by atoms with Crippen LogP contribution in [0.4, 0.5) is 0 Å². The van der Waals surface area contributed by atoms with Crippen molar-refractivity contribution < 1.29 is 39.8 Å². The van der Waals surface area contributed by atoms with Crippen LogP contribution in [-0.4, -0.2) is 87.5 Å². The van der Waals surface area contributed by atoms with E-state index in [0.29, 0.717) is 12.8 Å². The average molecular weight is 1120 g/mol. The van der Waals surface area contributed by atoms with Gasteiger partial charge in [-0.15, -0.1) is 0 Å². The van der Waals surface area contributed by atoms with E-state index < -0.39 is 49.5 Å². The van der Waals surface area contributed by atoms with Crippen molar-refractivity contribution in [2.24, 2.45) is 0 Å². The molecule has 466 valence electrons. The second-order valence-electron chi connectivity index (χ2n) is 23.6. The van der Waals surface area contributed by atoms with Gasteiger partial charge in [0.2, 0.25) is 5.91 Å². The number of aliphatic hydroxyl groups is 5. The molecule has 7 unspecified atom stereocenters. The minimum absolute atomic E-state index is 0.135. The van der Waals surface area contributed by atoms with Crippen molar-refractivity contribution in [3.63, 3.8) is 0 Å². The lowest BCUT2D eigenvalue weighted by Gasteiger charge is -2.40. The summed E-state index contributed by atoms with van der Waals surface area (Å²) < 4.78 is 11.3. The van der Waals surface area contributed by atoms with Crippen molar-refractivity contribution in [3.05, 3.63) is 72.9 Å². The number of rotatable bonds is 59. The summed E-state index contributed by atoms with van der Waals surface area (Å²) in [6.45, 7) is 3.75. The molecule has 80 heavy (non-hydrogen) atoms. The number of allylic oxidation sites excluding steroid dienone is 12. The Labute approximate surface area is 493 Å². The van der Waals surface area contributed by atoms with Gasteiger partial charge in [-0.05, 0) is 64.2 Å². The lowest BCUT2D eigenvalue weighted by atomic mass is 9.99. The average Bonchev–Trinajstić information content (AvgIpc) is 3.46. The fourth-order valence-electron chi connectivity index (χ4n) is 10.8. The van der Waals surface area contributed by atoms with Crippen molar-refractivity contribution in [2.45, 2.75) is 358 Å². The number of amides is 1. The Morgan fingerprint density at radius 3 is 1.15 bits per heavy atom. The topological polar surface area (TPSA) is 149 Å². The third kappa shape index (κ3) is 48.0. The van der Waals surface area contributed by atoms with Gasteiger partial charge in [-0.1, -0.05) is 318 Å².